The lowest BCUT2D eigenvalue weighted by molar-refractivity contribution is -0.124. The van der Waals surface area contributed by atoms with Gasteiger partial charge in [-0.3, -0.25) is 0 Å². The van der Waals surface area contributed by atoms with Gasteiger partial charge in [-0.25, -0.2) is 5.11 Å². The van der Waals surface area contributed by atoms with Gasteiger partial charge in [0, 0.05) is 0 Å². The molecule has 1 radical (unpaired) electrons. The summed E-state index contributed by atoms with van der Waals surface area (Å²) in [7, 11) is 0. The summed E-state index contributed by atoms with van der Waals surface area (Å²) in [5.41, 5.74) is 0. The van der Waals surface area contributed by atoms with Crippen LogP contribution in [-0.2, 0) is 9.84 Å². The fourth-order valence-corrected chi connectivity index (χ4v) is 0.271. The van der Waals surface area contributed by atoms with E-state index in [1.54, 1.807) is 0 Å². The van der Waals surface area contributed by atoms with Crippen LogP contribution in [0.2, 0.25) is 0 Å². The van der Waals surface area contributed by atoms with Crippen LogP contribution >= 0.6 is 0 Å². The highest BCUT2D eigenvalue weighted by Gasteiger charge is 1.93. The highest BCUT2D eigenvalue weighted by Crippen LogP contribution is 1.85. The maximum absolute atomic E-state index is 10.1. The second kappa shape index (κ2) is 4.57. The van der Waals surface area contributed by atoms with E-state index in [0.717, 1.165) is 0 Å². The van der Waals surface area contributed by atoms with Crippen molar-refractivity contribution in [3.8, 4) is 6.07 Å². The molecule has 0 aliphatic heterocycles. The van der Waals surface area contributed by atoms with Crippen molar-refractivity contribution >= 4 is 0 Å². The van der Waals surface area contributed by atoms with Gasteiger partial charge in [0.05, 0.1) is 19.1 Å². The molecule has 0 aromatic rings. The van der Waals surface area contributed by atoms with Gasteiger partial charge in [-0.2, -0.15) is 5.26 Å². The Labute approximate surface area is 48.5 Å². The molecule has 3 nitrogen and oxygen atoms in total. The third-order valence-corrected chi connectivity index (χ3v) is 0.566. The lowest BCUT2D eigenvalue weighted by Crippen LogP contribution is -2.04. The molecule has 0 aliphatic rings. The highest BCUT2D eigenvalue weighted by molar-refractivity contribution is 4.66. The topological polar surface area (TPSA) is 52.9 Å². The average molecular weight is 114 g/mol. The van der Waals surface area contributed by atoms with E-state index in [4.69, 9.17) is 5.26 Å². The number of ether oxygens (including phenoxy) is 1. The molecule has 0 aromatic heterocycles. The summed E-state index contributed by atoms with van der Waals surface area (Å²) in [5, 5.41) is 18.0. The predicted octanol–water partition coefficient (Wildman–Crippen LogP) is 0.693. The van der Waals surface area contributed by atoms with Gasteiger partial charge in [0.1, 0.15) is 0 Å². The standard InChI is InChI=1S/C5H8NO2/c1-5(7)8-4-2-3-6/h5H,2,4H2,1H3. The monoisotopic (exact) mass is 114 g/mol. The van der Waals surface area contributed by atoms with Gasteiger partial charge < -0.3 is 4.74 Å². The third-order valence-electron chi connectivity index (χ3n) is 0.566. The minimum Gasteiger partial charge on any atom is -0.349 e. The Kier molecular flexibility index (Phi) is 4.23. The first-order valence-electron chi connectivity index (χ1n) is 2.41. The van der Waals surface area contributed by atoms with E-state index in [1.165, 1.54) is 6.92 Å². The molecule has 0 saturated heterocycles. The predicted molar refractivity (Wildman–Crippen MR) is 26.3 cm³/mol. The minimum absolute atomic E-state index is 0.251. The maximum Gasteiger partial charge on any atom is 0.188 e. The molecule has 8 heavy (non-hydrogen) atoms. The van der Waals surface area contributed by atoms with Crippen LogP contribution in [0.5, 0.6) is 0 Å². The van der Waals surface area contributed by atoms with Crippen molar-refractivity contribution in [2.75, 3.05) is 6.61 Å². The van der Waals surface area contributed by atoms with Gasteiger partial charge in [0.25, 0.3) is 0 Å². The molecule has 3 heteroatoms. The maximum atomic E-state index is 10.1. The average Bonchev–Trinajstić information content (AvgIpc) is 1.66. The molecule has 45 valence electrons. The van der Waals surface area contributed by atoms with Crippen molar-refractivity contribution in [2.45, 2.75) is 19.6 Å². The molecular formula is C5H8NO2. The third kappa shape index (κ3) is 5.41. The van der Waals surface area contributed by atoms with Gasteiger partial charge in [-0.15, -0.1) is 0 Å². The first kappa shape index (κ1) is 7.41. The minimum atomic E-state index is -0.997. The highest BCUT2D eigenvalue weighted by atomic mass is 16.6. The summed E-state index contributed by atoms with van der Waals surface area (Å²) in [5.74, 6) is 0. The second-order valence-electron chi connectivity index (χ2n) is 1.35. The van der Waals surface area contributed by atoms with Gasteiger partial charge >= 0.3 is 0 Å². The number of hydrogen-bond donors (Lipinski definition) is 0. The molecule has 0 heterocycles. The Morgan fingerprint density at radius 3 is 2.88 bits per heavy atom. The van der Waals surface area contributed by atoms with Crippen LogP contribution in [0.4, 0.5) is 0 Å². The van der Waals surface area contributed by atoms with Gasteiger partial charge in [0.15, 0.2) is 6.29 Å². The molecule has 0 spiro atoms. The lowest BCUT2D eigenvalue weighted by atomic mass is 10.5. The first-order chi connectivity index (χ1) is 3.77. The van der Waals surface area contributed by atoms with Crippen LogP contribution < -0.4 is 0 Å². The SMILES string of the molecule is CC([O])OCCC#N. The molecule has 0 fully saturated rings. The fraction of sp³-hybridized carbons (Fsp3) is 0.800. The fourth-order valence-electron chi connectivity index (χ4n) is 0.271. The summed E-state index contributed by atoms with van der Waals surface area (Å²) < 4.78 is 4.50. The summed E-state index contributed by atoms with van der Waals surface area (Å²) >= 11 is 0. The largest absolute Gasteiger partial charge is 0.349 e. The second-order valence-corrected chi connectivity index (χ2v) is 1.35. The van der Waals surface area contributed by atoms with Crippen LogP contribution in [0.25, 0.3) is 0 Å². The Morgan fingerprint density at radius 1 is 1.88 bits per heavy atom. The van der Waals surface area contributed by atoms with E-state index in [-0.39, 0.29) is 6.61 Å². The zero-order chi connectivity index (χ0) is 6.41. The van der Waals surface area contributed by atoms with Crippen LogP contribution in [0, 0.1) is 11.3 Å². The van der Waals surface area contributed by atoms with Crippen molar-refractivity contribution < 1.29 is 9.84 Å². The van der Waals surface area contributed by atoms with Crippen LogP contribution in [-0.4, -0.2) is 12.9 Å². The Morgan fingerprint density at radius 2 is 2.50 bits per heavy atom. The smallest absolute Gasteiger partial charge is 0.188 e. The molecule has 0 aliphatic carbocycles. The molecular weight excluding hydrogens is 106 g/mol. The zero-order valence-electron chi connectivity index (χ0n) is 4.76. The molecule has 0 bridgehead atoms. The Bertz CT molecular complexity index is 84.9. The summed E-state index contributed by atoms with van der Waals surface area (Å²) in [6.07, 6.45) is -0.699. The van der Waals surface area contributed by atoms with Crippen LogP contribution in [0.1, 0.15) is 13.3 Å². The normalized spacial score (nSPS) is 12.6. The lowest BCUT2D eigenvalue weighted by Gasteiger charge is -1.98. The number of hydrogen-bond acceptors (Lipinski definition) is 2. The summed E-state index contributed by atoms with van der Waals surface area (Å²) in [4.78, 5) is 0. The van der Waals surface area contributed by atoms with E-state index >= 15 is 0 Å². The van der Waals surface area contributed by atoms with Gasteiger partial charge in [-0.05, 0) is 6.92 Å². The molecule has 0 saturated carbocycles. The quantitative estimate of drug-likeness (QED) is 0.400. The van der Waals surface area contributed by atoms with Crippen molar-refractivity contribution in [2.24, 2.45) is 0 Å². The molecule has 0 N–H and O–H groups in total. The zero-order valence-corrected chi connectivity index (χ0v) is 4.76. The number of nitrogens with zero attached hydrogens (tertiary/aromatic N) is 1. The van der Waals surface area contributed by atoms with Crippen LogP contribution in [0.3, 0.4) is 0 Å². The number of nitriles is 1. The van der Waals surface area contributed by atoms with Crippen LogP contribution in [0.15, 0.2) is 0 Å². The molecule has 0 rings (SSSR count). The van der Waals surface area contributed by atoms with Crippen molar-refractivity contribution in [1.82, 2.24) is 0 Å². The molecule has 1 atom stereocenters. The van der Waals surface area contributed by atoms with Crippen molar-refractivity contribution in [1.29, 1.82) is 5.26 Å². The molecule has 0 aromatic carbocycles. The summed E-state index contributed by atoms with van der Waals surface area (Å²) in [6, 6.07) is 1.86. The number of rotatable bonds is 3. The Hall–Kier alpha value is -0.590. The van der Waals surface area contributed by atoms with Gasteiger partial charge in [-0.1, -0.05) is 0 Å². The first-order valence-corrected chi connectivity index (χ1v) is 2.41. The van der Waals surface area contributed by atoms with E-state index < -0.39 is 6.29 Å². The molecule has 0 amide bonds. The summed E-state index contributed by atoms with van der Waals surface area (Å²) in [6.45, 7) is 1.65. The van der Waals surface area contributed by atoms with E-state index in [0.29, 0.717) is 6.42 Å². The van der Waals surface area contributed by atoms with E-state index in [2.05, 4.69) is 4.74 Å². The van der Waals surface area contributed by atoms with E-state index in [9.17, 15) is 5.11 Å². The van der Waals surface area contributed by atoms with Gasteiger partial charge in [0.2, 0.25) is 0 Å². The van der Waals surface area contributed by atoms with Crippen molar-refractivity contribution in [3.63, 3.8) is 0 Å². The molecule has 1 unspecified atom stereocenters. The van der Waals surface area contributed by atoms with E-state index in [1.807, 2.05) is 6.07 Å². The van der Waals surface area contributed by atoms with Crippen molar-refractivity contribution in [3.05, 3.63) is 0 Å². The Balaban J connectivity index is 2.85.